The maximum atomic E-state index is 2.49. The Kier molecular flexibility index (Phi) is 6.14. The van der Waals surface area contributed by atoms with E-state index in [0.29, 0.717) is 0 Å². The highest BCUT2D eigenvalue weighted by atomic mass is 14.2. The van der Waals surface area contributed by atoms with Crippen molar-refractivity contribution in [3.05, 3.63) is 11.6 Å². The number of rotatable bonds is 2. The van der Waals surface area contributed by atoms with Crippen molar-refractivity contribution in [3.8, 4) is 0 Å². The molecule has 1 aliphatic carbocycles. The second-order valence-electron chi connectivity index (χ2n) is 3.63. The van der Waals surface area contributed by atoms with Crippen molar-refractivity contribution in [2.24, 2.45) is 11.8 Å². The Bertz CT molecular complexity index is 131. The van der Waals surface area contributed by atoms with Crippen molar-refractivity contribution in [1.29, 1.82) is 0 Å². The van der Waals surface area contributed by atoms with Gasteiger partial charge in [0.15, 0.2) is 0 Å². The first-order chi connectivity index (χ1) is 5.74. The molecule has 0 bridgehead atoms. The van der Waals surface area contributed by atoms with Crippen molar-refractivity contribution >= 4 is 0 Å². The van der Waals surface area contributed by atoms with E-state index in [-0.39, 0.29) is 0 Å². The standard InChI is InChI=1S/C10H18.C2H6/c1-4-9-5-6-10(7-9)8(2)3;1-2/h7-8,10H,4-6H2,1-3H3;1-2H3. The van der Waals surface area contributed by atoms with Crippen LogP contribution in [0.5, 0.6) is 0 Å². The molecule has 0 amide bonds. The topological polar surface area (TPSA) is 0 Å². The lowest BCUT2D eigenvalue weighted by Crippen LogP contribution is -2.00. The minimum absolute atomic E-state index is 0.851. The van der Waals surface area contributed by atoms with Crippen molar-refractivity contribution in [3.63, 3.8) is 0 Å². The molecule has 0 aromatic carbocycles. The molecule has 0 aliphatic heterocycles. The van der Waals surface area contributed by atoms with Gasteiger partial charge >= 0.3 is 0 Å². The van der Waals surface area contributed by atoms with Crippen LogP contribution in [0.25, 0.3) is 0 Å². The van der Waals surface area contributed by atoms with E-state index in [1.807, 2.05) is 13.8 Å². The molecule has 0 saturated heterocycles. The maximum Gasteiger partial charge on any atom is -0.0205 e. The van der Waals surface area contributed by atoms with Crippen LogP contribution in [0.15, 0.2) is 11.6 Å². The highest BCUT2D eigenvalue weighted by Gasteiger charge is 2.16. The largest absolute Gasteiger partial charge is 0.0820 e. The van der Waals surface area contributed by atoms with Crippen molar-refractivity contribution in [2.45, 2.75) is 53.9 Å². The van der Waals surface area contributed by atoms with Crippen molar-refractivity contribution < 1.29 is 0 Å². The van der Waals surface area contributed by atoms with Gasteiger partial charge in [-0.3, -0.25) is 0 Å². The molecule has 0 heterocycles. The fraction of sp³-hybridized carbons (Fsp3) is 0.833. The Morgan fingerprint density at radius 3 is 2.25 bits per heavy atom. The Morgan fingerprint density at radius 1 is 1.42 bits per heavy atom. The van der Waals surface area contributed by atoms with Crippen molar-refractivity contribution in [1.82, 2.24) is 0 Å². The van der Waals surface area contributed by atoms with Crippen molar-refractivity contribution in [2.75, 3.05) is 0 Å². The van der Waals surface area contributed by atoms with Gasteiger partial charge in [0.05, 0.1) is 0 Å². The Labute approximate surface area is 78.1 Å². The average Bonchev–Trinajstić information content (AvgIpc) is 2.55. The van der Waals surface area contributed by atoms with E-state index in [1.54, 1.807) is 5.57 Å². The average molecular weight is 168 g/mol. The summed E-state index contributed by atoms with van der Waals surface area (Å²) in [4.78, 5) is 0. The molecule has 0 radical (unpaired) electrons. The third-order valence-electron chi connectivity index (χ3n) is 2.56. The minimum atomic E-state index is 0.851. The molecular weight excluding hydrogens is 144 g/mol. The highest BCUT2D eigenvalue weighted by molar-refractivity contribution is 5.10. The summed E-state index contributed by atoms with van der Waals surface area (Å²) in [6.07, 6.45) is 6.52. The molecule has 1 rings (SSSR count). The molecule has 0 nitrogen and oxygen atoms in total. The minimum Gasteiger partial charge on any atom is -0.0820 e. The zero-order valence-corrected chi connectivity index (χ0v) is 9.35. The van der Waals surface area contributed by atoms with Gasteiger partial charge in [-0.2, -0.15) is 0 Å². The van der Waals surface area contributed by atoms with Gasteiger partial charge in [0.25, 0.3) is 0 Å². The second-order valence-corrected chi connectivity index (χ2v) is 3.63. The first-order valence-corrected chi connectivity index (χ1v) is 5.43. The summed E-state index contributed by atoms with van der Waals surface area (Å²) in [5.74, 6) is 1.74. The van der Waals surface area contributed by atoms with Gasteiger partial charge < -0.3 is 0 Å². The van der Waals surface area contributed by atoms with E-state index in [2.05, 4.69) is 26.8 Å². The Hall–Kier alpha value is -0.260. The zero-order chi connectivity index (χ0) is 9.56. The molecule has 0 spiro atoms. The molecule has 0 aromatic rings. The van der Waals surface area contributed by atoms with Crippen LogP contribution in [0, 0.1) is 11.8 Å². The van der Waals surface area contributed by atoms with E-state index < -0.39 is 0 Å². The first-order valence-electron chi connectivity index (χ1n) is 5.43. The molecule has 0 fully saturated rings. The lowest BCUT2D eigenvalue weighted by atomic mass is 9.96. The van der Waals surface area contributed by atoms with Gasteiger partial charge in [0.2, 0.25) is 0 Å². The van der Waals surface area contributed by atoms with Gasteiger partial charge in [-0.15, -0.1) is 0 Å². The van der Waals surface area contributed by atoms with E-state index in [1.165, 1.54) is 19.3 Å². The van der Waals surface area contributed by atoms with Crippen LogP contribution in [0.4, 0.5) is 0 Å². The maximum absolute atomic E-state index is 2.49. The first kappa shape index (κ1) is 11.7. The van der Waals surface area contributed by atoms with Crippen LogP contribution < -0.4 is 0 Å². The lowest BCUT2D eigenvalue weighted by molar-refractivity contribution is 0.458. The molecule has 0 heteroatoms. The van der Waals surface area contributed by atoms with Crippen LogP contribution in [0.3, 0.4) is 0 Å². The third-order valence-corrected chi connectivity index (χ3v) is 2.56. The van der Waals surface area contributed by atoms with Gasteiger partial charge in [-0.1, -0.05) is 46.3 Å². The molecular formula is C12H24. The smallest absolute Gasteiger partial charge is 0.0205 e. The zero-order valence-electron chi connectivity index (χ0n) is 9.35. The van der Waals surface area contributed by atoms with Crippen LogP contribution in [-0.4, -0.2) is 0 Å². The molecule has 0 N–H and O–H groups in total. The SMILES string of the molecule is CC.CCC1=CC(C(C)C)CC1. The summed E-state index contributed by atoms with van der Waals surface area (Å²) in [5.41, 5.74) is 1.68. The van der Waals surface area contributed by atoms with E-state index >= 15 is 0 Å². The second kappa shape index (κ2) is 6.28. The van der Waals surface area contributed by atoms with E-state index in [4.69, 9.17) is 0 Å². The molecule has 72 valence electrons. The summed E-state index contributed by atoms with van der Waals surface area (Å²) in [7, 11) is 0. The lowest BCUT2D eigenvalue weighted by Gasteiger charge is -2.09. The third kappa shape index (κ3) is 3.42. The van der Waals surface area contributed by atoms with Gasteiger partial charge in [-0.25, -0.2) is 0 Å². The Morgan fingerprint density at radius 2 is 2.00 bits per heavy atom. The molecule has 1 atom stereocenters. The van der Waals surface area contributed by atoms with Gasteiger partial charge in [0.1, 0.15) is 0 Å². The monoisotopic (exact) mass is 168 g/mol. The molecule has 1 aliphatic rings. The fourth-order valence-corrected chi connectivity index (χ4v) is 1.64. The highest BCUT2D eigenvalue weighted by Crippen LogP contribution is 2.30. The number of allylic oxidation sites excluding steroid dienone is 2. The quantitative estimate of drug-likeness (QED) is 0.536. The Balaban J connectivity index is 0.000000561. The number of hydrogen-bond acceptors (Lipinski definition) is 0. The molecule has 0 aromatic heterocycles. The summed E-state index contributed by atoms with van der Waals surface area (Å²) in [6.45, 7) is 10.9. The summed E-state index contributed by atoms with van der Waals surface area (Å²) >= 11 is 0. The summed E-state index contributed by atoms with van der Waals surface area (Å²) in [5, 5.41) is 0. The molecule has 12 heavy (non-hydrogen) atoms. The van der Waals surface area contributed by atoms with Crippen LogP contribution in [0.1, 0.15) is 53.9 Å². The summed E-state index contributed by atoms with van der Waals surface area (Å²) in [6, 6.07) is 0. The predicted octanol–water partition coefficient (Wildman–Crippen LogP) is 4.42. The van der Waals surface area contributed by atoms with Crippen LogP contribution >= 0.6 is 0 Å². The van der Waals surface area contributed by atoms with Gasteiger partial charge in [0, 0.05) is 0 Å². The van der Waals surface area contributed by atoms with E-state index in [9.17, 15) is 0 Å². The number of hydrogen-bond donors (Lipinski definition) is 0. The van der Waals surface area contributed by atoms with Crippen LogP contribution in [0.2, 0.25) is 0 Å². The normalized spacial score (nSPS) is 21.8. The van der Waals surface area contributed by atoms with Gasteiger partial charge in [-0.05, 0) is 31.1 Å². The molecule has 0 saturated carbocycles. The van der Waals surface area contributed by atoms with E-state index in [0.717, 1.165) is 11.8 Å². The predicted molar refractivity (Wildman–Crippen MR) is 57.3 cm³/mol. The summed E-state index contributed by atoms with van der Waals surface area (Å²) < 4.78 is 0. The van der Waals surface area contributed by atoms with Crippen LogP contribution in [-0.2, 0) is 0 Å². The molecule has 1 unspecified atom stereocenters. The fourth-order valence-electron chi connectivity index (χ4n) is 1.64.